The number of carboxylic acids is 1. The molecule has 0 saturated carbocycles. The molecule has 0 unspecified atom stereocenters. The monoisotopic (exact) mass is 146 g/mol. The SMILES string of the molecule is C[C@@H](O)CC(=O)O.[Ca+2].[H-].[H-]. The van der Waals surface area contributed by atoms with E-state index in [0.717, 1.165) is 0 Å². The van der Waals surface area contributed by atoms with Crippen molar-refractivity contribution in [3.63, 3.8) is 0 Å². The van der Waals surface area contributed by atoms with Crippen LogP contribution in [0.15, 0.2) is 0 Å². The van der Waals surface area contributed by atoms with Crippen LogP contribution >= 0.6 is 0 Å². The molecule has 0 amide bonds. The minimum absolute atomic E-state index is 0. The van der Waals surface area contributed by atoms with Crippen LogP contribution in [0.2, 0.25) is 0 Å². The Morgan fingerprint density at radius 2 is 2.25 bits per heavy atom. The van der Waals surface area contributed by atoms with E-state index in [1.165, 1.54) is 6.92 Å². The van der Waals surface area contributed by atoms with E-state index in [1.54, 1.807) is 0 Å². The molecule has 1 atom stereocenters. The van der Waals surface area contributed by atoms with Crippen molar-refractivity contribution < 1.29 is 17.9 Å². The van der Waals surface area contributed by atoms with Crippen LogP contribution in [-0.2, 0) is 4.79 Å². The number of aliphatic carboxylic acids is 1. The average molecular weight is 146 g/mol. The molecule has 0 aromatic heterocycles. The van der Waals surface area contributed by atoms with Crippen molar-refractivity contribution in [1.29, 1.82) is 0 Å². The Morgan fingerprint density at radius 1 is 1.88 bits per heavy atom. The number of hydrogen-bond acceptors (Lipinski definition) is 2. The molecule has 0 fully saturated rings. The van der Waals surface area contributed by atoms with E-state index in [-0.39, 0.29) is 47.0 Å². The fourth-order valence-corrected chi connectivity index (χ4v) is 0.253. The second-order valence-corrected chi connectivity index (χ2v) is 1.45. The Kier molecular flexibility index (Phi) is 8.35. The number of hydrogen-bond donors (Lipinski definition) is 2. The molecule has 46 valence electrons. The van der Waals surface area contributed by atoms with Gasteiger partial charge in [-0.05, 0) is 6.92 Å². The van der Waals surface area contributed by atoms with E-state index < -0.39 is 12.1 Å². The van der Waals surface area contributed by atoms with Gasteiger partial charge in [-0.2, -0.15) is 0 Å². The van der Waals surface area contributed by atoms with Gasteiger partial charge in [0.25, 0.3) is 0 Å². The third kappa shape index (κ3) is 9.85. The van der Waals surface area contributed by atoms with Gasteiger partial charge in [-0.25, -0.2) is 0 Å². The normalized spacial score (nSPS) is 11.8. The standard InChI is InChI=1S/C4H8O3.Ca.2H/c1-3(5)2-4(6)7;;;/h3,5H,2H2,1H3,(H,6,7);;;/q;+2;2*-1/t3-;;;/m1.../s1. The second kappa shape index (κ2) is 5.82. The predicted octanol–water partition coefficient (Wildman–Crippen LogP) is -0.314. The van der Waals surface area contributed by atoms with Gasteiger partial charge < -0.3 is 13.1 Å². The van der Waals surface area contributed by atoms with E-state index >= 15 is 0 Å². The molecule has 3 nitrogen and oxygen atoms in total. The topological polar surface area (TPSA) is 57.5 Å². The average Bonchev–Trinajstić information content (AvgIpc) is 1.27. The summed E-state index contributed by atoms with van der Waals surface area (Å²) in [5.41, 5.74) is 0. The first-order valence-electron chi connectivity index (χ1n) is 2.03. The summed E-state index contributed by atoms with van der Waals surface area (Å²) in [6.45, 7) is 1.44. The van der Waals surface area contributed by atoms with Gasteiger partial charge in [0, 0.05) is 0 Å². The zero-order chi connectivity index (χ0) is 5.86. The fourth-order valence-electron chi connectivity index (χ4n) is 0.253. The van der Waals surface area contributed by atoms with Gasteiger partial charge in [0.05, 0.1) is 12.5 Å². The Hall–Kier alpha value is 0.690. The number of aliphatic hydroxyl groups is 1. The summed E-state index contributed by atoms with van der Waals surface area (Å²) < 4.78 is 0. The summed E-state index contributed by atoms with van der Waals surface area (Å²) in [6, 6.07) is 0. The first-order chi connectivity index (χ1) is 3.13. The van der Waals surface area contributed by atoms with Gasteiger partial charge in [0.15, 0.2) is 0 Å². The third-order valence-electron chi connectivity index (χ3n) is 0.470. The van der Waals surface area contributed by atoms with Crippen molar-refractivity contribution in [3.8, 4) is 0 Å². The van der Waals surface area contributed by atoms with Gasteiger partial charge in [0.1, 0.15) is 0 Å². The van der Waals surface area contributed by atoms with Crippen LogP contribution in [0.3, 0.4) is 0 Å². The van der Waals surface area contributed by atoms with Crippen molar-refractivity contribution in [2.75, 3.05) is 0 Å². The maximum absolute atomic E-state index is 9.65. The van der Waals surface area contributed by atoms with E-state index in [4.69, 9.17) is 10.2 Å². The van der Waals surface area contributed by atoms with Gasteiger partial charge in [-0.15, -0.1) is 0 Å². The predicted molar refractivity (Wildman–Crippen MR) is 31.9 cm³/mol. The minimum atomic E-state index is -0.963. The zero-order valence-corrected chi connectivity index (χ0v) is 7.00. The molecule has 8 heavy (non-hydrogen) atoms. The first-order valence-corrected chi connectivity index (χ1v) is 2.03. The van der Waals surface area contributed by atoms with Crippen molar-refractivity contribution in [1.82, 2.24) is 0 Å². The molecule has 0 saturated heterocycles. The molecule has 0 rings (SSSR count). The summed E-state index contributed by atoms with van der Waals surface area (Å²) in [5.74, 6) is -0.963. The third-order valence-corrected chi connectivity index (χ3v) is 0.470. The quantitative estimate of drug-likeness (QED) is 0.525. The molecule has 0 aromatic carbocycles. The number of carboxylic acid groups (broad SMARTS) is 1. The Balaban J connectivity index is -0.0000000600. The van der Waals surface area contributed by atoms with E-state index in [9.17, 15) is 4.79 Å². The van der Waals surface area contributed by atoms with Crippen molar-refractivity contribution in [3.05, 3.63) is 0 Å². The Morgan fingerprint density at radius 3 is 2.25 bits per heavy atom. The maximum atomic E-state index is 9.65. The molecular formula is C4H10CaO3. The minimum Gasteiger partial charge on any atom is -1.00 e. The molecule has 0 spiro atoms. The van der Waals surface area contributed by atoms with Gasteiger partial charge in [-0.1, -0.05) is 0 Å². The molecule has 0 aliphatic rings. The van der Waals surface area contributed by atoms with Crippen LogP contribution < -0.4 is 0 Å². The first kappa shape index (κ1) is 11.5. The van der Waals surface area contributed by atoms with Gasteiger partial charge in [0.2, 0.25) is 0 Å². The number of aliphatic hydroxyl groups excluding tert-OH is 1. The van der Waals surface area contributed by atoms with E-state index in [0.29, 0.717) is 0 Å². The smallest absolute Gasteiger partial charge is 1.00 e. The van der Waals surface area contributed by atoms with Gasteiger partial charge >= 0.3 is 43.7 Å². The van der Waals surface area contributed by atoms with Crippen LogP contribution in [0.5, 0.6) is 0 Å². The molecule has 0 heterocycles. The summed E-state index contributed by atoms with van der Waals surface area (Å²) in [6.07, 6.45) is -0.891. The molecule has 0 aliphatic carbocycles. The largest absolute Gasteiger partial charge is 2.00 e. The molecule has 0 bridgehead atoms. The van der Waals surface area contributed by atoms with E-state index in [2.05, 4.69) is 0 Å². The Labute approximate surface area is 80.7 Å². The fraction of sp³-hybridized carbons (Fsp3) is 0.750. The summed E-state index contributed by atoms with van der Waals surface area (Å²) in [5, 5.41) is 16.3. The van der Waals surface area contributed by atoms with Crippen molar-refractivity contribution in [2.45, 2.75) is 19.4 Å². The molecule has 4 heteroatoms. The second-order valence-electron chi connectivity index (χ2n) is 1.45. The molecular weight excluding hydrogens is 136 g/mol. The molecule has 0 radical (unpaired) electrons. The van der Waals surface area contributed by atoms with Crippen molar-refractivity contribution in [2.24, 2.45) is 0 Å². The van der Waals surface area contributed by atoms with Gasteiger partial charge in [-0.3, -0.25) is 4.79 Å². The zero-order valence-electron chi connectivity index (χ0n) is 6.79. The van der Waals surface area contributed by atoms with Crippen LogP contribution in [-0.4, -0.2) is 60.0 Å². The summed E-state index contributed by atoms with van der Waals surface area (Å²) in [4.78, 5) is 9.65. The number of rotatable bonds is 2. The maximum Gasteiger partial charge on any atom is 2.00 e. The van der Waals surface area contributed by atoms with Crippen LogP contribution in [0.25, 0.3) is 0 Å². The Bertz CT molecular complexity index is 78.9. The van der Waals surface area contributed by atoms with Crippen LogP contribution in [0.1, 0.15) is 16.2 Å². The van der Waals surface area contributed by atoms with Crippen molar-refractivity contribution >= 4 is 43.7 Å². The summed E-state index contributed by atoms with van der Waals surface area (Å²) in [7, 11) is 0. The summed E-state index contributed by atoms with van der Waals surface area (Å²) >= 11 is 0. The molecule has 0 aliphatic heterocycles. The van der Waals surface area contributed by atoms with Crippen LogP contribution in [0, 0.1) is 0 Å². The van der Waals surface area contributed by atoms with Crippen LogP contribution in [0.4, 0.5) is 0 Å². The molecule has 0 aromatic rings. The van der Waals surface area contributed by atoms with E-state index in [1.807, 2.05) is 0 Å². The number of carbonyl (C=O) groups is 1. The molecule has 2 N–H and O–H groups in total.